The number of rotatable bonds is 4. The first kappa shape index (κ1) is 78.0. The Morgan fingerprint density at radius 2 is 0.909 bits per heavy atom. The summed E-state index contributed by atoms with van der Waals surface area (Å²) in [5, 5.41) is 14.0. The summed E-state index contributed by atoms with van der Waals surface area (Å²) < 4.78 is 0. The third kappa shape index (κ3) is 42.0. The Hall–Kier alpha value is -2.16. The smallest absolute Gasteiger partial charge is 0.185 e. The summed E-state index contributed by atoms with van der Waals surface area (Å²) in [6.07, 6.45) is 0. The number of nitrogens with two attached hydrogens (primary N) is 3. The zero-order chi connectivity index (χ0) is 53.9. The normalized spacial score (nSPS) is 8.35. The number of anilines is 2. The maximum absolute atomic E-state index is 5.09. The second-order valence-corrected chi connectivity index (χ2v) is 17.6. The van der Waals surface area contributed by atoms with Crippen LogP contribution in [-0.4, -0.2) is 125 Å². The number of halogens is 2. The number of nitrogens with zero attached hydrogens (tertiary/aromatic N) is 5. The van der Waals surface area contributed by atoms with Gasteiger partial charge in [-0.2, -0.15) is 0 Å². The van der Waals surface area contributed by atoms with Crippen LogP contribution in [0, 0.1) is 41.5 Å². The van der Waals surface area contributed by atoms with Crippen molar-refractivity contribution in [3.63, 3.8) is 0 Å². The van der Waals surface area contributed by atoms with Gasteiger partial charge in [0.25, 0.3) is 0 Å². The molecular weight excluding hydrogens is 1170 g/mol. The molecule has 0 atom stereocenters. The SMILES string of the molecule is CC.CC.CC(=S)N(C)C.CN.CN(C)C(N)=S.CNC.CNC(C)=S.CNC(N)=S.CNc1nc(-c2ccc(C)cc2C)c(C)s1.Cc1ccc(-c2nc(N(C)C)sc2C)c(C)c1.II. The van der Waals surface area contributed by atoms with Gasteiger partial charge in [-0.05, 0) is 112 Å². The fraction of sp³-hybridized carbons (Fsp3) is 0.522. The maximum Gasteiger partial charge on any atom is 0.185 e. The molecule has 0 amide bonds. The minimum absolute atomic E-state index is 0.338. The monoisotopic (exact) mass is 1250 g/mol. The van der Waals surface area contributed by atoms with Gasteiger partial charge in [0.15, 0.2) is 20.5 Å². The van der Waals surface area contributed by atoms with E-state index in [2.05, 4.69) is 189 Å². The van der Waals surface area contributed by atoms with Crippen LogP contribution in [0.3, 0.4) is 0 Å². The lowest BCUT2D eigenvalue weighted by molar-refractivity contribution is 0.628. The molecule has 2 heterocycles. The number of hydrogen-bond donors (Lipinski definition) is 7. The van der Waals surface area contributed by atoms with Gasteiger partial charge in [0.2, 0.25) is 0 Å². The molecule has 4 rings (SSSR count). The summed E-state index contributed by atoms with van der Waals surface area (Å²) in [7, 11) is 22.2. The van der Waals surface area contributed by atoms with Gasteiger partial charge in [-0.3, -0.25) is 0 Å². The van der Waals surface area contributed by atoms with Crippen LogP contribution >= 0.6 is 109 Å². The molecule has 0 radical (unpaired) electrons. The Morgan fingerprint density at radius 3 is 1.11 bits per heavy atom. The first-order valence-electron chi connectivity index (χ1n) is 20.9. The molecule has 20 heteroatoms. The van der Waals surface area contributed by atoms with Crippen molar-refractivity contribution >= 4 is 139 Å². The van der Waals surface area contributed by atoms with Gasteiger partial charge in [-0.15, -0.1) is 22.7 Å². The van der Waals surface area contributed by atoms with Crippen LogP contribution in [0.4, 0.5) is 10.3 Å². The summed E-state index contributed by atoms with van der Waals surface area (Å²) >= 11 is 25.9. The molecule has 0 unspecified atom stereocenters. The van der Waals surface area contributed by atoms with E-state index in [0.717, 1.165) is 31.6 Å². The lowest BCUT2D eigenvalue weighted by Crippen LogP contribution is -2.27. The van der Waals surface area contributed by atoms with Gasteiger partial charge < -0.3 is 53.2 Å². The van der Waals surface area contributed by atoms with Crippen LogP contribution in [0.25, 0.3) is 22.5 Å². The minimum Gasteiger partial charge on any atom is -0.383 e. The molecule has 2 aromatic heterocycles. The van der Waals surface area contributed by atoms with Gasteiger partial charge in [0.1, 0.15) is 0 Å². The summed E-state index contributed by atoms with van der Waals surface area (Å²) in [5.74, 6) is 0. The van der Waals surface area contributed by atoms with E-state index in [-0.39, 0.29) is 0 Å². The lowest BCUT2D eigenvalue weighted by Gasteiger charge is -2.07. The summed E-state index contributed by atoms with van der Waals surface area (Å²) in [6.45, 7) is 24.5. The first-order valence-corrected chi connectivity index (χ1v) is 30.5. The van der Waals surface area contributed by atoms with E-state index in [9.17, 15) is 0 Å². The van der Waals surface area contributed by atoms with E-state index in [1.807, 2.05) is 117 Å². The van der Waals surface area contributed by atoms with E-state index in [1.54, 1.807) is 34.6 Å². The fourth-order valence-corrected chi connectivity index (χ4v) is 5.36. The van der Waals surface area contributed by atoms with Crippen molar-refractivity contribution in [2.24, 2.45) is 17.2 Å². The molecule has 4 aromatic rings. The van der Waals surface area contributed by atoms with Crippen LogP contribution in [0.1, 0.15) is 73.6 Å². The van der Waals surface area contributed by atoms with Gasteiger partial charge in [-0.25, -0.2) is 9.97 Å². The van der Waals surface area contributed by atoms with Crippen molar-refractivity contribution in [1.29, 1.82) is 0 Å². The molecule has 0 aliphatic heterocycles. The molecule has 0 saturated heterocycles. The Bertz CT molecular complexity index is 1800. The Balaban J connectivity index is -0.000000130. The number of hydrogen-bond acceptors (Lipinski definition) is 12. The maximum atomic E-state index is 5.09. The molecular formula is C46H88I2N12S6. The molecule has 66 heavy (non-hydrogen) atoms. The zero-order valence-electron chi connectivity index (χ0n) is 44.6. The third-order valence-electron chi connectivity index (χ3n) is 7.12. The number of thiocarbonyl (C=S) groups is 4. The van der Waals surface area contributed by atoms with Crippen molar-refractivity contribution < 1.29 is 0 Å². The highest BCUT2D eigenvalue weighted by Crippen LogP contribution is 2.34. The van der Waals surface area contributed by atoms with Crippen LogP contribution < -0.4 is 43.4 Å². The molecule has 0 aliphatic carbocycles. The number of aromatic nitrogens is 2. The second-order valence-electron chi connectivity index (χ2n) is 13.2. The van der Waals surface area contributed by atoms with E-state index >= 15 is 0 Å². The Kier molecular flexibility index (Phi) is 60.0. The van der Waals surface area contributed by atoms with Gasteiger partial charge in [-0.1, -0.05) is 99.7 Å². The molecule has 0 aliphatic rings. The lowest BCUT2D eigenvalue weighted by atomic mass is 10.0. The second kappa shape index (κ2) is 50.7. The standard InChI is InChI=1S/C14H18N2S.C13H16N2S.C4H9NS.C3H8N2S.C3H7NS.C2H6N2S.C2H7N.2C2H6.CH5N.I2/c1-9-6-7-12(10(2)8-9)13-11(3)17-14(15-13)16(4)5;1-8-5-6-11(9(2)7-8)12-10(3)16-13(14-4)15-12;1-4(6)5(2)3;1-5(2)3(4)6;1-3(5)4-2;1-4-2(3)5;1-3-2;4*1-2/h6-8H,1-5H3;5-7H,1-4H3,(H,14,15);1-3H3;1-2H3,(H2,4,6);1-2H3,(H,4,5);1H3,(H3,3,4,5);3H,1-2H3;2*1-2H3;2H2,1H3;. The predicted molar refractivity (Wildman–Crippen MR) is 339 cm³/mol. The predicted octanol–water partition coefficient (Wildman–Crippen LogP) is 11.5. The molecule has 0 spiro atoms. The van der Waals surface area contributed by atoms with Crippen molar-refractivity contribution in [3.05, 3.63) is 68.4 Å². The topological polar surface area (TPSA) is 162 Å². The fourth-order valence-electron chi connectivity index (χ4n) is 3.74. The van der Waals surface area contributed by atoms with Gasteiger partial charge in [0, 0.05) is 122 Å². The third-order valence-corrected chi connectivity index (χ3v) is 10.4. The number of aryl methyl sites for hydroxylation is 6. The first-order chi connectivity index (χ1) is 30.8. The molecule has 2 aromatic carbocycles. The molecule has 0 bridgehead atoms. The van der Waals surface area contributed by atoms with Crippen LogP contribution in [0.5, 0.6) is 0 Å². The average Bonchev–Trinajstić information content (AvgIpc) is 3.86. The summed E-state index contributed by atoms with van der Waals surface area (Å²) in [5.41, 5.74) is 24.4. The number of thiazole rings is 2. The van der Waals surface area contributed by atoms with E-state index in [4.69, 9.17) is 28.7 Å². The highest BCUT2D eigenvalue weighted by molar-refractivity contribution is 15.0. The number of nitrogens with one attached hydrogen (secondary N) is 4. The summed E-state index contributed by atoms with van der Waals surface area (Å²) in [6, 6.07) is 13.0. The zero-order valence-corrected chi connectivity index (χ0v) is 53.9. The van der Waals surface area contributed by atoms with Crippen molar-refractivity contribution in [2.45, 2.75) is 83.1 Å². The van der Waals surface area contributed by atoms with Crippen LogP contribution in [-0.2, 0) is 0 Å². The van der Waals surface area contributed by atoms with Gasteiger partial charge in [0.05, 0.1) is 21.4 Å². The molecule has 10 N–H and O–H groups in total. The molecule has 12 nitrogen and oxygen atoms in total. The van der Waals surface area contributed by atoms with Gasteiger partial charge >= 0.3 is 0 Å². The minimum atomic E-state index is 0.338. The summed E-state index contributed by atoms with van der Waals surface area (Å²) in [4.78, 5) is 19.2. The highest BCUT2D eigenvalue weighted by Gasteiger charge is 2.13. The highest BCUT2D eigenvalue weighted by atomic mass is 128. The Morgan fingerprint density at radius 1 is 0.606 bits per heavy atom. The van der Waals surface area contributed by atoms with Crippen molar-refractivity contribution in [2.75, 3.05) is 94.8 Å². The largest absolute Gasteiger partial charge is 0.383 e. The molecule has 0 saturated carbocycles. The van der Waals surface area contributed by atoms with E-state index in [1.165, 1.54) is 50.2 Å². The Labute approximate surface area is 456 Å². The van der Waals surface area contributed by atoms with E-state index in [0.29, 0.717) is 10.2 Å². The molecule has 382 valence electrons. The van der Waals surface area contributed by atoms with Crippen LogP contribution in [0.15, 0.2) is 36.4 Å². The average molecular weight is 1260 g/mol. The van der Waals surface area contributed by atoms with Crippen molar-refractivity contribution in [1.82, 2.24) is 35.7 Å². The van der Waals surface area contributed by atoms with Crippen molar-refractivity contribution in [3.8, 4) is 22.5 Å². The van der Waals surface area contributed by atoms with Crippen LogP contribution in [0.2, 0.25) is 0 Å². The van der Waals surface area contributed by atoms with E-state index < -0.39 is 0 Å². The quantitative estimate of drug-likeness (QED) is 0.0763. The molecule has 0 fully saturated rings. The number of benzene rings is 2.